The third kappa shape index (κ3) is 4.56. The Bertz CT molecular complexity index is 1050. The number of aromatic amines is 1. The number of carboxylic acid groups (broad SMARTS) is 1. The molecular weight excluding hydrogens is 364 g/mol. The Kier molecular flexibility index (Phi) is 5.73. The van der Waals surface area contributed by atoms with E-state index in [4.69, 9.17) is 9.84 Å². The highest BCUT2D eigenvalue weighted by Crippen LogP contribution is 2.12. The van der Waals surface area contributed by atoms with Crippen LogP contribution in [0.3, 0.4) is 0 Å². The lowest BCUT2D eigenvalue weighted by molar-refractivity contribution is -0.139. The molecule has 0 aliphatic carbocycles. The summed E-state index contributed by atoms with van der Waals surface area (Å²) < 4.78 is 6.38. The highest BCUT2D eigenvalue weighted by molar-refractivity contribution is 5.78. The van der Waals surface area contributed by atoms with Gasteiger partial charge in [-0.15, -0.1) is 0 Å². The zero-order valence-corrected chi connectivity index (χ0v) is 15.3. The van der Waals surface area contributed by atoms with E-state index >= 15 is 0 Å². The number of ether oxygens (including phenoxy) is 1. The molecule has 0 aliphatic heterocycles. The van der Waals surface area contributed by atoms with Gasteiger partial charge in [-0.3, -0.25) is 14.7 Å². The van der Waals surface area contributed by atoms with Crippen molar-refractivity contribution in [3.8, 4) is 5.75 Å². The zero-order valence-electron chi connectivity index (χ0n) is 15.3. The molecule has 0 unspecified atom stereocenters. The molecule has 2 aromatic heterocycles. The summed E-state index contributed by atoms with van der Waals surface area (Å²) in [6.45, 7) is 1.73. The summed E-state index contributed by atoms with van der Waals surface area (Å²) in [5.74, 6) is -0.819. The first-order valence-electron chi connectivity index (χ1n) is 8.70. The van der Waals surface area contributed by atoms with Crippen molar-refractivity contribution in [3.05, 3.63) is 63.7 Å². The minimum absolute atomic E-state index is 0.0401. The van der Waals surface area contributed by atoms with Crippen LogP contribution in [0.4, 0.5) is 0 Å². The first kappa shape index (κ1) is 19.2. The number of amides is 1. The van der Waals surface area contributed by atoms with Crippen LogP contribution in [0, 0.1) is 6.92 Å². The van der Waals surface area contributed by atoms with Crippen molar-refractivity contribution >= 4 is 17.5 Å². The molecule has 3 rings (SSSR count). The average molecular weight is 384 g/mol. The molecule has 0 radical (unpaired) electrons. The number of nitrogens with zero attached hydrogens (tertiary/aromatic N) is 2. The minimum atomic E-state index is -1.03. The van der Waals surface area contributed by atoms with Crippen molar-refractivity contribution in [2.75, 3.05) is 13.2 Å². The minimum Gasteiger partial charge on any atom is -0.482 e. The lowest BCUT2D eigenvalue weighted by Gasteiger charge is -2.08. The maximum atomic E-state index is 12.4. The Balaban J connectivity index is 1.52. The second-order valence-electron chi connectivity index (χ2n) is 6.24. The second kappa shape index (κ2) is 8.38. The molecule has 28 heavy (non-hydrogen) atoms. The Morgan fingerprint density at radius 2 is 2.00 bits per heavy atom. The molecule has 1 aromatic carbocycles. The number of aryl methyl sites for hydroxylation is 1. The SMILES string of the molecule is Cc1nc2cc[nH]n2c(=O)c1CC(=O)NCCc1ccc(OCC(=O)O)cc1. The summed E-state index contributed by atoms with van der Waals surface area (Å²) in [5.41, 5.74) is 2.10. The van der Waals surface area contributed by atoms with Crippen molar-refractivity contribution in [1.82, 2.24) is 19.9 Å². The van der Waals surface area contributed by atoms with E-state index in [1.165, 1.54) is 4.52 Å². The molecular formula is C19H20N4O5. The van der Waals surface area contributed by atoms with Crippen LogP contribution in [0.25, 0.3) is 5.65 Å². The number of carbonyl (C=O) groups is 2. The normalized spacial score (nSPS) is 10.8. The molecule has 0 saturated carbocycles. The second-order valence-corrected chi connectivity index (χ2v) is 6.24. The van der Waals surface area contributed by atoms with Crippen LogP contribution in [-0.2, 0) is 22.4 Å². The molecule has 0 saturated heterocycles. The van der Waals surface area contributed by atoms with E-state index in [9.17, 15) is 14.4 Å². The largest absolute Gasteiger partial charge is 0.482 e. The Labute approximate surface area is 160 Å². The summed E-state index contributed by atoms with van der Waals surface area (Å²) in [6.07, 6.45) is 2.17. The van der Waals surface area contributed by atoms with Gasteiger partial charge < -0.3 is 15.2 Å². The summed E-state index contributed by atoms with van der Waals surface area (Å²) in [5, 5.41) is 14.2. The highest BCUT2D eigenvalue weighted by atomic mass is 16.5. The third-order valence-electron chi connectivity index (χ3n) is 4.20. The fourth-order valence-electron chi connectivity index (χ4n) is 2.78. The summed E-state index contributed by atoms with van der Waals surface area (Å²) >= 11 is 0. The van der Waals surface area contributed by atoms with Crippen LogP contribution in [0.15, 0.2) is 41.3 Å². The van der Waals surface area contributed by atoms with Gasteiger partial charge in [0.2, 0.25) is 5.91 Å². The van der Waals surface area contributed by atoms with Crippen LogP contribution >= 0.6 is 0 Å². The van der Waals surface area contributed by atoms with Crippen molar-refractivity contribution < 1.29 is 19.4 Å². The Morgan fingerprint density at radius 3 is 2.71 bits per heavy atom. The molecule has 9 heteroatoms. The van der Waals surface area contributed by atoms with Crippen LogP contribution in [0.5, 0.6) is 5.75 Å². The van der Waals surface area contributed by atoms with Gasteiger partial charge in [-0.2, -0.15) is 0 Å². The molecule has 0 atom stereocenters. The molecule has 9 nitrogen and oxygen atoms in total. The van der Waals surface area contributed by atoms with Crippen LogP contribution in [0.2, 0.25) is 0 Å². The number of nitrogens with one attached hydrogen (secondary N) is 2. The van der Waals surface area contributed by atoms with E-state index in [1.54, 1.807) is 31.3 Å². The molecule has 1 amide bonds. The van der Waals surface area contributed by atoms with Gasteiger partial charge in [-0.25, -0.2) is 14.3 Å². The lowest BCUT2D eigenvalue weighted by atomic mass is 10.1. The van der Waals surface area contributed by atoms with Gasteiger partial charge in [0.1, 0.15) is 5.75 Å². The van der Waals surface area contributed by atoms with Crippen LogP contribution in [0.1, 0.15) is 16.8 Å². The first-order valence-corrected chi connectivity index (χ1v) is 8.70. The third-order valence-corrected chi connectivity index (χ3v) is 4.20. The molecule has 0 spiro atoms. The van der Waals surface area contributed by atoms with Gasteiger partial charge in [-0.1, -0.05) is 12.1 Å². The number of carbonyl (C=O) groups excluding carboxylic acids is 1. The smallest absolute Gasteiger partial charge is 0.341 e. The Morgan fingerprint density at radius 1 is 1.25 bits per heavy atom. The number of carboxylic acids is 1. The van der Waals surface area contributed by atoms with Crippen LogP contribution in [-0.4, -0.2) is 44.7 Å². The Hall–Kier alpha value is -3.62. The van der Waals surface area contributed by atoms with E-state index < -0.39 is 12.6 Å². The number of fused-ring (bicyclic) bond motifs is 1. The fraction of sp³-hybridized carbons (Fsp3) is 0.263. The summed E-state index contributed by atoms with van der Waals surface area (Å²) in [6, 6.07) is 8.67. The molecule has 3 aromatic rings. The van der Waals surface area contributed by atoms with Gasteiger partial charge >= 0.3 is 5.97 Å². The number of rotatable bonds is 8. The van der Waals surface area contributed by atoms with Crippen molar-refractivity contribution in [1.29, 1.82) is 0 Å². The number of aromatic nitrogens is 3. The van der Waals surface area contributed by atoms with E-state index in [-0.39, 0.29) is 17.9 Å². The standard InChI is InChI=1S/C19H20N4O5/c1-12-15(19(27)23-16(22-12)7-9-21-23)10-17(24)20-8-6-13-2-4-14(5-3-13)28-11-18(25)26/h2-5,7,9,21H,6,8,10-11H2,1H3,(H,20,24)(H,25,26). The number of aliphatic carboxylic acids is 1. The first-order chi connectivity index (χ1) is 13.4. The molecule has 0 bridgehead atoms. The van der Waals surface area contributed by atoms with Crippen molar-refractivity contribution in [2.24, 2.45) is 0 Å². The molecule has 0 aliphatic rings. The van der Waals surface area contributed by atoms with Crippen LogP contribution < -0.4 is 15.6 Å². The molecule has 3 N–H and O–H groups in total. The van der Waals surface area contributed by atoms with Gasteiger partial charge in [0.15, 0.2) is 12.3 Å². The monoisotopic (exact) mass is 384 g/mol. The highest BCUT2D eigenvalue weighted by Gasteiger charge is 2.14. The topological polar surface area (TPSA) is 126 Å². The summed E-state index contributed by atoms with van der Waals surface area (Å²) in [7, 11) is 0. The van der Waals surface area contributed by atoms with Gasteiger partial charge in [-0.05, 0) is 31.0 Å². The lowest BCUT2D eigenvalue weighted by Crippen LogP contribution is -2.31. The average Bonchev–Trinajstić information content (AvgIpc) is 3.13. The quantitative estimate of drug-likeness (QED) is 0.525. The number of H-pyrrole nitrogens is 1. The number of hydrogen-bond acceptors (Lipinski definition) is 5. The molecule has 146 valence electrons. The van der Waals surface area contributed by atoms with E-state index in [2.05, 4.69) is 15.4 Å². The number of benzene rings is 1. The predicted molar refractivity (Wildman–Crippen MR) is 101 cm³/mol. The summed E-state index contributed by atoms with van der Waals surface area (Å²) in [4.78, 5) is 39.4. The van der Waals surface area contributed by atoms with Crippen molar-refractivity contribution in [3.63, 3.8) is 0 Å². The van der Waals surface area contributed by atoms with Gasteiger partial charge in [0.25, 0.3) is 5.56 Å². The molecule has 2 heterocycles. The van der Waals surface area contributed by atoms with E-state index in [1.807, 2.05) is 12.1 Å². The molecule has 0 fully saturated rings. The zero-order chi connectivity index (χ0) is 20.1. The van der Waals surface area contributed by atoms with E-state index in [0.29, 0.717) is 35.6 Å². The van der Waals surface area contributed by atoms with Crippen molar-refractivity contribution in [2.45, 2.75) is 19.8 Å². The maximum Gasteiger partial charge on any atom is 0.341 e. The van der Waals surface area contributed by atoms with Gasteiger partial charge in [0.05, 0.1) is 6.42 Å². The van der Waals surface area contributed by atoms with Gasteiger partial charge in [0, 0.05) is 30.1 Å². The van der Waals surface area contributed by atoms with E-state index in [0.717, 1.165) is 5.56 Å². The number of hydrogen-bond donors (Lipinski definition) is 3. The predicted octanol–water partition coefficient (Wildman–Crippen LogP) is 0.696. The maximum absolute atomic E-state index is 12.4. The fourth-order valence-corrected chi connectivity index (χ4v) is 2.78.